The minimum atomic E-state index is -2.94. The first kappa shape index (κ1) is 11.5. The van der Waals surface area contributed by atoms with Gasteiger partial charge in [0.1, 0.15) is 0 Å². The largest absolute Gasteiger partial charge is 0.339 e. The van der Waals surface area contributed by atoms with Gasteiger partial charge in [-0.3, -0.25) is 0 Å². The third-order valence-electron chi connectivity index (χ3n) is 2.66. The summed E-state index contributed by atoms with van der Waals surface area (Å²) >= 11 is 0. The topological polar surface area (TPSA) is 99.1 Å². The average molecular weight is 245 g/mol. The zero-order valence-corrected chi connectivity index (χ0v) is 9.74. The lowest BCUT2D eigenvalue weighted by Gasteiger charge is -2.17. The molecule has 1 saturated heterocycles. The molecule has 2 heterocycles. The van der Waals surface area contributed by atoms with Crippen molar-refractivity contribution < 1.29 is 12.9 Å². The first-order valence-electron chi connectivity index (χ1n) is 5.34. The molecule has 0 aromatic carbocycles. The van der Waals surface area contributed by atoms with Gasteiger partial charge in [-0.25, -0.2) is 8.42 Å². The van der Waals surface area contributed by atoms with E-state index < -0.39 is 9.84 Å². The minimum absolute atomic E-state index is 0.122. The van der Waals surface area contributed by atoms with Crippen molar-refractivity contribution in [3.8, 4) is 0 Å². The SMILES string of the molecule is NCCc1noc(C2CCCS(=O)(=O)C2)n1. The lowest BCUT2D eigenvalue weighted by atomic mass is 10.1. The van der Waals surface area contributed by atoms with Crippen LogP contribution in [0.15, 0.2) is 4.52 Å². The molecule has 16 heavy (non-hydrogen) atoms. The van der Waals surface area contributed by atoms with Gasteiger partial charge in [-0.15, -0.1) is 0 Å². The number of nitrogens with zero attached hydrogens (tertiary/aromatic N) is 2. The molecule has 1 aromatic heterocycles. The first-order chi connectivity index (χ1) is 7.61. The molecule has 2 N–H and O–H groups in total. The van der Waals surface area contributed by atoms with Crippen LogP contribution in [0, 0.1) is 0 Å². The van der Waals surface area contributed by atoms with E-state index in [2.05, 4.69) is 10.1 Å². The second-order valence-corrected chi connectivity index (χ2v) is 6.27. The van der Waals surface area contributed by atoms with Crippen LogP contribution in [0.5, 0.6) is 0 Å². The molecule has 1 atom stereocenters. The third-order valence-corrected chi connectivity index (χ3v) is 4.48. The molecular formula is C9H15N3O3S. The molecule has 0 saturated carbocycles. The molecule has 1 unspecified atom stereocenters. The van der Waals surface area contributed by atoms with Gasteiger partial charge in [0.05, 0.1) is 17.4 Å². The van der Waals surface area contributed by atoms with E-state index in [-0.39, 0.29) is 17.4 Å². The second kappa shape index (κ2) is 4.50. The molecule has 0 spiro atoms. The summed E-state index contributed by atoms with van der Waals surface area (Å²) < 4.78 is 28.0. The number of hydrogen-bond acceptors (Lipinski definition) is 6. The van der Waals surface area contributed by atoms with Crippen LogP contribution in [0.25, 0.3) is 0 Å². The Balaban J connectivity index is 2.11. The van der Waals surface area contributed by atoms with E-state index in [1.165, 1.54) is 0 Å². The summed E-state index contributed by atoms with van der Waals surface area (Å²) in [5, 5.41) is 3.77. The van der Waals surface area contributed by atoms with E-state index in [9.17, 15) is 8.42 Å². The van der Waals surface area contributed by atoms with Crippen LogP contribution in [0.1, 0.15) is 30.5 Å². The number of hydrogen-bond donors (Lipinski definition) is 1. The van der Waals surface area contributed by atoms with Crippen molar-refractivity contribution in [3.05, 3.63) is 11.7 Å². The highest BCUT2D eigenvalue weighted by molar-refractivity contribution is 7.91. The fraction of sp³-hybridized carbons (Fsp3) is 0.778. The van der Waals surface area contributed by atoms with E-state index >= 15 is 0 Å². The number of sulfone groups is 1. The van der Waals surface area contributed by atoms with Gasteiger partial charge < -0.3 is 10.3 Å². The summed E-state index contributed by atoms with van der Waals surface area (Å²) in [6.45, 7) is 0.460. The summed E-state index contributed by atoms with van der Waals surface area (Å²) in [6, 6.07) is 0. The summed E-state index contributed by atoms with van der Waals surface area (Å²) in [5.41, 5.74) is 5.37. The summed E-state index contributed by atoms with van der Waals surface area (Å²) in [5.74, 6) is 1.25. The fourth-order valence-corrected chi connectivity index (χ4v) is 3.58. The van der Waals surface area contributed by atoms with Gasteiger partial charge in [0.2, 0.25) is 5.89 Å². The van der Waals surface area contributed by atoms with Gasteiger partial charge in [0.25, 0.3) is 0 Å². The molecule has 6 nitrogen and oxygen atoms in total. The van der Waals surface area contributed by atoms with E-state index in [1.807, 2.05) is 0 Å². The van der Waals surface area contributed by atoms with Crippen LogP contribution >= 0.6 is 0 Å². The predicted molar refractivity (Wildman–Crippen MR) is 57.7 cm³/mol. The minimum Gasteiger partial charge on any atom is -0.339 e. The Labute approximate surface area is 94.1 Å². The molecule has 2 rings (SSSR count). The highest BCUT2D eigenvalue weighted by Gasteiger charge is 2.29. The summed E-state index contributed by atoms with van der Waals surface area (Å²) in [6.07, 6.45) is 2.02. The summed E-state index contributed by atoms with van der Waals surface area (Å²) in [4.78, 5) is 4.17. The highest BCUT2D eigenvalue weighted by atomic mass is 32.2. The molecule has 0 bridgehead atoms. The van der Waals surface area contributed by atoms with Gasteiger partial charge in [-0.05, 0) is 19.4 Å². The molecule has 1 fully saturated rings. The van der Waals surface area contributed by atoms with Crippen molar-refractivity contribution >= 4 is 9.84 Å². The molecule has 1 aromatic rings. The molecule has 0 radical (unpaired) electrons. The van der Waals surface area contributed by atoms with Crippen molar-refractivity contribution in [1.82, 2.24) is 10.1 Å². The van der Waals surface area contributed by atoms with Crippen LogP contribution in [0.4, 0.5) is 0 Å². The Hall–Kier alpha value is -0.950. The highest BCUT2D eigenvalue weighted by Crippen LogP contribution is 2.26. The number of aromatic nitrogens is 2. The Morgan fingerprint density at radius 1 is 1.50 bits per heavy atom. The fourth-order valence-electron chi connectivity index (χ4n) is 1.88. The van der Waals surface area contributed by atoms with Crippen molar-refractivity contribution in [2.24, 2.45) is 5.73 Å². The van der Waals surface area contributed by atoms with Crippen LogP contribution in [-0.2, 0) is 16.3 Å². The number of rotatable bonds is 3. The zero-order valence-electron chi connectivity index (χ0n) is 8.92. The maximum absolute atomic E-state index is 11.5. The lowest BCUT2D eigenvalue weighted by molar-refractivity contribution is 0.346. The molecule has 90 valence electrons. The Morgan fingerprint density at radius 2 is 2.31 bits per heavy atom. The smallest absolute Gasteiger partial charge is 0.230 e. The van der Waals surface area contributed by atoms with Gasteiger partial charge in [0.15, 0.2) is 15.7 Å². The Morgan fingerprint density at radius 3 is 3.00 bits per heavy atom. The van der Waals surface area contributed by atoms with Crippen LogP contribution in [0.2, 0.25) is 0 Å². The third kappa shape index (κ3) is 2.59. The molecule has 1 aliphatic heterocycles. The molecular weight excluding hydrogens is 230 g/mol. The maximum atomic E-state index is 11.5. The molecule has 1 aliphatic rings. The first-order valence-corrected chi connectivity index (χ1v) is 7.16. The zero-order chi connectivity index (χ0) is 11.6. The normalized spacial score (nSPS) is 24.4. The van der Waals surface area contributed by atoms with E-state index in [0.717, 1.165) is 6.42 Å². The van der Waals surface area contributed by atoms with E-state index in [0.29, 0.717) is 31.1 Å². The Bertz CT molecular complexity index is 454. The van der Waals surface area contributed by atoms with Crippen LogP contribution in [0.3, 0.4) is 0 Å². The van der Waals surface area contributed by atoms with Crippen molar-refractivity contribution in [3.63, 3.8) is 0 Å². The van der Waals surface area contributed by atoms with Gasteiger partial charge in [-0.2, -0.15) is 4.98 Å². The number of nitrogens with two attached hydrogens (primary N) is 1. The summed E-state index contributed by atoms with van der Waals surface area (Å²) in [7, 11) is -2.94. The van der Waals surface area contributed by atoms with E-state index in [1.54, 1.807) is 0 Å². The average Bonchev–Trinajstić information content (AvgIpc) is 2.65. The monoisotopic (exact) mass is 245 g/mol. The molecule has 0 aliphatic carbocycles. The quantitative estimate of drug-likeness (QED) is 0.796. The van der Waals surface area contributed by atoms with Crippen molar-refractivity contribution in [2.45, 2.75) is 25.2 Å². The van der Waals surface area contributed by atoms with Crippen LogP contribution in [-0.4, -0.2) is 36.6 Å². The predicted octanol–water partition coefficient (Wildman–Crippen LogP) is -0.137. The van der Waals surface area contributed by atoms with Gasteiger partial charge in [0, 0.05) is 6.42 Å². The van der Waals surface area contributed by atoms with Gasteiger partial charge in [-0.1, -0.05) is 5.16 Å². The van der Waals surface area contributed by atoms with Crippen molar-refractivity contribution in [1.29, 1.82) is 0 Å². The van der Waals surface area contributed by atoms with Crippen LogP contribution < -0.4 is 5.73 Å². The molecule has 0 amide bonds. The standard InChI is InChI=1S/C9H15N3O3S/c10-4-3-8-11-9(15-12-8)7-2-1-5-16(13,14)6-7/h7H,1-6,10H2. The van der Waals surface area contributed by atoms with E-state index in [4.69, 9.17) is 10.3 Å². The van der Waals surface area contributed by atoms with Gasteiger partial charge >= 0.3 is 0 Å². The maximum Gasteiger partial charge on any atom is 0.230 e. The van der Waals surface area contributed by atoms with Crippen molar-refractivity contribution in [2.75, 3.05) is 18.1 Å². The molecule has 7 heteroatoms. The lowest BCUT2D eigenvalue weighted by Crippen LogP contribution is -2.23. The second-order valence-electron chi connectivity index (χ2n) is 4.04. The Kier molecular flexibility index (Phi) is 3.25.